The van der Waals surface area contributed by atoms with Gasteiger partial charge in [0.15, 0.2) is 0 Å². The summed E-state index contributed by atoms with van der Waals surface area (Å²) in [6.45, 7) is 7.00. The average Bonchev–Trinajstić information content (AvgIpc) is 3.20. The SMILES string of the molecule is CCOC(=O)C1=C(COCCN)N=C2CC(C)(C)CC(=O)C2C1c1ccn2ccnc2c1. The number of esters is 1. The van der Waals surface area contributed by atoms with Gasteiger partial charge in [-0.05, 0) is 36.5 Å². The van der Waals surface area contributed by atoms with Gasteiger partial charge < -0.3 is 19.6 Å². The van der Waals surface area contributed by atoms with Crippen LogP contribution in [0.3, 0.4) is 0 Å². The van der Waals surface area contributed by atoms with E-state index < -0.39 is 17.8 Å². The standard InChI is InChI=1S/C24H30N4O4/c1-4-32-23(30)22-17(14-31-10-6-25)27-16-12-24(2,3)13-18(29)21(16)20(22)15-5-8-28-9-7-26-19(28)11-15/h5,7-9,11,20-21H,4,6,10,12-14,25H2,1-3H3. The van der Waals surface area contributed by atoms with Gasteiger partial charge in [0, 0.05) is 43.2 Å². The van der Waals surface area contributed by atoms with Gasteiger partial charge in [-0.15, -0.1) is 0 Å². The lowest BCUT2D eigenvalue weighted by molar-refractivity contribution is -0.139. The van der Waals surface area contributed by atoms with Crippen molar-refractivity contribution < 1.29 is 19.1 Å². The molecule has 8 nitrogen and oxygen atoms in total. The molecule has 1 aliphatic heterocycles. The molecular formula is C24H30N4O4. The molecule has 2 aliphatic rings. The maximum Gasteiger partial charge on any atom is 0.336 e. The first-order chi connectivity index (χ1) is 15.3. The molecule has 3 heterocycles. The molecule has 2 aromatic rings. The van der Waals surface area contributed by atoms with Crippen LogP contribution in [0.1, 0.15) is 45.1 Å². The molecule has 0 spiro atoms. The Morgan fingerprint density at radius 2 is 2.09 bits per heavy atom. The van der Waals surface area contributed by atoms with Gasteiger partial charge in [-0.2, -0.15) is 0 Å². The Hall–Kier alpha value is -2.84. The number of imidazole rings is 1. The van der Waals surface area contributed by atoms with Crippen LogP contribution in [0.5, 0.6) is 0 Å². The fourth-order valence-electron chi connectivity index (χ4n) is 4.79. The Bertz CT molecular complexity index is 1100. The number of hydrogen-bond acceptors (Lipinski definition) is 7. The van der Waals surface area contributed by atoms with E-state index >= 15 is 0 Å². The molecule has 2 atom stereocenters. The highest BCUT2D eigenvalue weighted by atomic mass is 16.5. The number of aliphatic imine (C=N–C) groups is 1. The summed E-state index contributed by atoms with van der Waals surface area (Å²) in [4.78, 5) is 35.8. The van der Waals surface area contributed by atoms with Crippen molar-refractivity contribution in [3.05, 3.63) is 47.6 Å². The van der Waals surface area contributed by atoms with Crippen LogP contribution in [0, 0.1) is 11.3 Å². The number of pyridine rings is 1. The molecular weight excluding hydrogens is 408 g/mol. The number of carbonyl (C=O) groups excluding carboxylic acids is 2. The van der Waals surface area contributed by atoms with Crippen molar-refractivity contribution >= 4 is 23.1 Å². The maximum atomic E-state index is 13.4. The average molecular weight is 439 g/mol. The Morgan fingerprint density at radius 3 is 2.84 bits per heavy atom. The number of hydrogen-bond donors (Lipinski definition) is 1. The topological polar surface area (TPSA) is 108 Å². The molecule has 0 amide bonds. The Balaban J connectivity index is 1.89. The van der Waals surface area contributed by atoms with E-state index in [4.69, 9.17) is 20.2 Å². The van der Waals surface area contributed by atoms with E-state index in [-0.39, 0.29) is 24.4 Å². The fourth-order valence-corrected chi connectivity index (χ4v) is 4.79. The molecule has 1 saturated carbocycles. The van der Waals surface area contributed by atoms with Crippen molar-refractivity contribution in [2.24, 2.45) is 22.1 Å². The third-order valence-electron chi connectivity index (χ3n) is 6.03. The largest absolute Gasteiger partial charge is 0.463 e. The minimum absolute atomic E-state index is 0.0944. The van der Waals surface area contributed by atoms with Crippen LogP contribution in [0.2, 0.25) is 0 Å². The van der Waals surface area contributed by atoms with E-state index in [0.717, 1.165) is 16.9 Å². The number of nitrogens with zero attached hydrogens (tertiary/aromatic N) is 3. The van der Waals surface area contributed by atoms with Gasteiger partial charge in [-0.1, -0.05) is 13.8 Å². The highest BCUT2D eigenvalue weighted by Crippen LogP contribution is 2.47. The predicted octanol–water partition coefficient (Wildman–Crippen LogP) is 2.67. The highest BCUT2D eigenvalue weighted by Gasteiger charge is 2.48. The maximum absolute atomic E-state index is 13.4. The van der Waals surface area contributed by atoms with Crippen molar-refractivity contribution in [3.8, 4) is 0 Å². The van der Waals surface area contributed by atoms with Gasteiger partial charge in [-0.25, -0.2) is 9.78 Å². The van der Waals surface area contributed by atoms with Crippen LogP contribution in [0.25, 0.3) is 5.65 Å². The summed E-state index contributed by atoms with van der Waals surface area (Å²) in [5, 5.41) is 0. The van der Waals surface area contributed by atoms with Crippen molar-refractivity contribution in [2.45, 2.75) is 39.5 Å². The number of rotatable bonds is 7. The number of ketones is 1. The van der Waals surface area contributed by atoms with Gasteiger partial charge in [0.25, 0.3) is 0 Å². The van der Waals surface area contributed by atoms with Gasteiger partial charge in [0.2, 0.25) is 0 Å². The van der Waals surface area contributed by atoms with Crippen molar-refractivity contribution in [1.29, 1.82) is 0 Å². The number of Topliss-reactive ketones (excluding diaryl/α,β-unsaturated/α-hetero) is 1. The van der Waals surface area contributed by atoms with Crippen LogP contribution in [0.4, 0.5) is 0 Å². The molecule has 0 bridgehead atoms. The van der Waals surface area contributed by atoms with Crippen LogP contribution >= 0.6 is 0 Å². The summed E-state index contributed by atoms with van der Waals surface area (Å²) in [6, 6.07) is 3.87. The second-order valence-electron chi connectivity index (χ2n) is 9.12. The summed E-state index contributed by atoms with van der Waals surface area (Å²) < 4.78 is 13.0. The van der Waals surface area contributed by atoms with Crippen LogP contribution in [-0.4, -0.2) is 53.2 Å². The van der Waals surface area contributed by atoms with Gasteiger partial charge in [-0.3, -0.25) is 9.79 Å². The van der Waals surface area contributed by atoms with E-state index in [1.165, 1.54) is 0 Å². The normalized spacial score (nSPS) is 22.6. The first kappa shape index (κ1) is 22.4. The minimum Gasteiger partial charge on any atom is -0.463 e. The third kappa shape index (κ3) is 4.25. The summed E-state index contributed by atoms with van der Waals surface area (Å²) in [6.07, 6.45) is 6.59. The minimum atomic E-state index is -0.502. The molecule has 2 aromatic heterocycles. The van der Waals surface area contributed by atoms with Crippen molar-refractivity contribution in [2.75, 3.05) is 26.4 Å². The number of fused-ring (bicyclic) bond motifs is 2. The summed E-state index contributed by atoms with van der Waals surface area (Å²) in [5.41, 5.74) is 8.70. The lowest BCUT2D eigenvalue weighted by atomic mass is 9.63. The van der Waals surface area contributed by atoms with Crippen LogP contribution < -0.4 is 5.73 Å². The summed E-state index contributed by atoms with van der Waals surface area (Å²) in [7, 11) is 0. The van der Waals surface area contributed by atoms with E-state index in [0.29, 0.717) is 37.3 Å². The first-order valence-electron chi connectivity index (χ1n) is 11.1. The zero-order chi connectivity index (χ0) is 22.9. The van der Waals surface area contributed by atoms with Crippen molar-refractivity contribution in [1.82, 2.24) is 9.38 Å². The first-order valence-corrected chi connectivity index (χ1v) is 11.1. The second kappa shape index (κ2) is 8.96. The fraction of sp³-hybridized carbons (Fsp3) is 0.500. The summed E-state index contributed by atoms with van der Waals surface area (Å²) in [5.74, 6) is -1.37. The highest BCUT2D eigenvalue weighted by molar-refractivity contribution is 6.12. The number of ether oxygens (including phenoxy) is 2. The molecule has 0 aromatic carbocycles. The molecule has 4 rings (SSSR count). The van der Waals surface area contributed by atoms with E-state index in [1.807, 2.05) is 28.9 Å². The molecule has 2 N–H and O–H groups in total. The molecule has 32 heavy (non-hydrogen) atoms. The quantitative estimate of drug-likeness (QED) is 0.526. The molecule has 0 saturated heterocycles. The summed E-state index contributed by atoms with van der Waals surface area (Å²) >= 11 is 0. The number of aromatic nitrogens is 2. The Labute approximate surface area is 187 Å². The molecule has 1 aliphatic carbocycles. The van der Waals surface area contributed by atoms with Crippen LogP contribution in [-0.2, 0) is 19.1 Å². The smallest absolute Gasteiger partial charge is 0.336 e. The van der Waals surface area contributed by atoms with E-state index in [9.17, 15) is 9.59 Å². The lowest BCUT2D eigenvalue weighted by Crippen LogP contribution is -2.44. The van der Waals surface area contributed by atoms with Gasteiger partial charge in [0.1, 0.15) is 11.4 Å². The second-order valence-corrected chi connectivity index (χ2v) is 9.12. The van der Waals surface area contributed by atoms with Gasteiger partial charge >= 0.3 is 5.97 Å². The van der Waals surface area contributed by atoms with E-state index in [2.05, 4.69) is 18.8 Å². The lowest BCUT2D eigenvalue weighted by Gasteiger charge is -2.41. The Morgan fingerprint density at radius 1 is 1.28 bits per heavy atom. The monoisotopic (exact) mass is 438 g/mol. The molecule has 1 fully saturated rings. The van der Waals surface area contributed by atoms with E-state index in [1.54, 1.807) is 13.1 Å². The molecule has 170 valence electrons. The zero-order valence-corrected chi connectivity index (χ0v) is 18.8. The molecule has 0 radical (unpaired) electrons. The predicted molar refractivity (Wildman–Crippen MR) is 120 cm³/mol. The Kier molecular flexibility index (Phi) is 6.26. The molecule has 8 heteroatoms. The number of nitrogens with two attached hydrogens (primary N) is 1. The molecule has 2 unspecified atom stereocenters. The van der Waals surface area contributed by atoms with Gasteiger partial charge in [0.05, 0.1) is 37.0 Å². The van der Waals surface area contributed by atoms with Crippen LogP contribution in [0.15, 0.2) is 47.0 Å². The third-order valence-corrected chi connectivity index (χ3v) is 6.03. The zero-order valence-electron chi connectivity index (χ0n) is 18.8. The van der Waals surface area contributed by atoms with Crippen molar-refractivity contribution in [3.63, 3.8) is 0 Å². The number of carbonyl (C=O) groups is 2.